The second-order valence-electron chi connectivity index (χ2n) is 4.74. The Balaban J connectivity index is 2.71. The smallest absolute Gasteiger partial charge is 0.303 e. The predicted octanol–water partition coefficient (Wildman–Crippen LogP) is 4.08. The summed E-state index contributed by atoms with van der Waals surface area (Å²) < 4.78 is 5.54. The maximum atomic E-state index is 10.5. The summed E-state index contributed by atoms with van der Waals surface area (Å²) in [6.45, 7) is 3.89. The molecule has 0 aromatic heterocycles. The molecule has 1 N–H and O–H groups in total. The standard InChI is InChI=1S/C14H19N3O3/c1-10(2)20-12-8-6-11(7-9-12)13(16-17-15)4-3-5-14(18)19/h6-10,13H,3-5H2,1-2H3,(H,18,19). The zero-order chi connectivity index (χ0) is 15.0. The molecule has 6 nitrogen and oxygen atoms in total. The Bertz CT molecular complexity index is 479. The van der Waals surface area contributed by atoms with Crippen LogP contribution >= 0.6 is 0 Å². The van der Waals surface area contributed by atoms with Gasteiger partial charge in [0.15, 0.2) is 0 Å². The molecule has 0 aliphatic heterocycles. The molecule has 1 unspecified atom stereocenters. The lowest BCUT2D eigenvalue weighted by molar-refractivity contribution is -0.137. The Hall–Kier alpha value is -2.20. The highest BCUT2D eigenvalue weighted by atomic mass is 16.5. The Kier molecular flexibility index (Phi) is 6.40. The summed E-state index contributed by atoms with van der Waals surface area (Å²) >= 11 is 0. The van der Waals surface area contributed by atoms with Crippen LogP contribution in [0.15, 0.2) is 29.4 Å². The first kappa shape index (κ1) is 15.9. The average Bonchev–Trinajstić information content (AvgIpc) is 2.37. The molecule has 108 valence electrons. The molecule has 0 aliphatic rings. The molecule has 1 atom stereocenters. The van der Waals surface area contributed by atoms with E-state index in [4.69, 9.17) is 15.4 Å². The largest absolute Gasteiger partial charge is 0.491 e. The summed E-state index contributed by atoms with van der Waals surface area (Å²) in [5.74, 6) is -0.0839. The van der Waals surface area contributed by atoms with E-state index in [1.54, 1.807) is 0 Å². The van der Waals surface area contributed by atoms with Crippen LogP contribution in [0, 0.1) is 0 Å². The van der Waals surface area contributed by atoms with Crippen molar-refractivity contribution >= 4 is 5.97 Å². The lowest BCUT2D eigenvalue weighted by atomic mass is 10.0. The van der Waals surface area contributed by atoms with Gasteiger partial charge in [-0.25, -0.2) is 0 Å². The topological polar surface area (TPSA) is 95.3 Å². The fourth-order valence-electron chi connectivity index (χ4n) is 1.84. The maximum absolute atomic E-state index is 10.5. The third kappa shape index (κ3) is 5.63. The summed E-state index contributed by atoms with van der Waals surface area (Å²) in [6.07, 6.45) is 1.17. The zero-order valence-electron chi connectivity index (χ0n) is 11.7. The van der Waals surface area contributed by atoms with E-state index in [0.717, 1.165) is 11.3 Å². The first-order valence-electron chi connectivity index (χ1n) is 6.55. The summed E-state index contributed by atoms with van der Waals surface area (Å²) in [5, 5.41) is 12.4. The van der Waals surface area contributed by atoms with Gasteiger partial charge in [0.2, 0.25) is 0 Å². The van der Waals surface area contributed by atoms with Crippen LogP contribution in [0.5, 0.6) is 5.75 Å². The van der Waals surface area contributed by atoms with Crippen molar-refractivity contribution < 1.29 is 14.6 Å². The molecule has 0 amide bonds. The van der Waals surface area contributed by atoms with Crippen LogP contribution in [0.25, 0.3) is 10.4 Å². The monoisotopic (exact) mass is 277 g/mol. The van der Waals surface area contributed by atoms with Gasteiger partial charge in [-0.2, -0.15) is 0 Å². The molecule has 20 heavy (non-hydrogen) atoms. The van der Waals surface area contributed by atoms with Crippen LogP contribution in [0.3, 0.4) is 0 Å². The van der Waals surface area contributed by atoms with Gasteiger partial charge in [-0.15, -0.1) is 0 Å². The minimum Gasteiger partial charge on any atom is -0.491 e. The van der Waals surface area contributed by atoms with E-state index in [1.165, 1.54) is 0 Å². The molecule has 0 radical (unpaired) electrons. The molecule has 6 heteroatoms. The molecule has 0 fully saturated rings. The van der Waals surface area contributed by atoms with E-state index >= 15 is 0 Å². The maximum Gasteiger partial charge on any atom is 0.303 e. The van der Waals surface area contributed by atoms with E-state index in [0.29, 0.717) is 12.8 Å². The minimum absolute atomic E-state index is 0.0754. The molecule has 1 aromatic rings. The molecular weight excluding hydrogens is 258 g/mol. The van der Waals surface area contributed by atoms with Gasteiger partial charge >= 0.3 is 5.97 Å². The van der Waals surface area contributed by atoms with Gasteiger partial charge < -0.3 is 9.84 Å². The lowest BCUT2D eigenvalue weighted by Crippen LogP contribution is -2.05. The first-order valence-corrected chi connectivity index (χ1v) is 6.55. The van der Waals surface area contributed by atoms with E-state index in [2.05, 4.69) is 10.0 Å². The molecule has 0 saturated heterocycles. The van der Waals surface area contributed by atoms with E-state index < -0.39 is 5.97 Å². The molecular formula is C14H19N3O3. The summed E-state index contributed by atoms with van der Waals surface area (Å²) in [7, 11) is 0. The number of hydrogen-bond acceptors (Lipinski definition) is 3. The summed E-state index contributed by atoms with van der Waals surface area (Å²) in [5.41, 5.74) is 9.46. The van der Waals surface area contributed by atoms with Crippen molar-refractivity contribution in [3.63, 3.8) is 0 Å². The fourth-order valence-corrected chi connectivity index (χ4v) is 1.84. The van der Waals surface area contributed by atoms with Gasteiger partial charge in [0.1, 0.15) is 5.75 Å². The van der Waals surface area contributed by atoms with Crippen molar-refractivity contribution in [2.45, 2.75) is 45.3 Å². The van der Waals surface area contributed by atoms with E-state index in [1.807, 2.05) is 38.1 Å². The van der Waals surface area contributed by atoms with Crippen molar-refractivity contribution in [2.75, 3.05) is 0 Å². The molecule has 0 aliphatic carbocycles. The highest BCUT2D eigenvalue weighted by Gasteiger charge is 2.11. The number of nitrogens with zero attached hydrogens (tertiary/aromatic N) is 3. The number of rotatable bonds is 8. The van der Waals surface area contributed by atoms with Crippen molar-refractivity contribution in [1.82, 2.24) is 0 Å². The van der Waals surface area contributed by atoms with Crippen molar-refractivity contribution in [3.8, 4) is 5.75 Å². The highest BCUT2D eigenvalue weighted by Crippen LogP contribution is 2.26. The third-order valence-corrected chi connectivity index (χ3v) is 2.70. The van der Waals surface area contributed by atoms with Crippen molar-refractivity contribution in [1.29, 1.82) is 0 Å². The van der Waals surface area contributed by atoms with Crippen LogP contribution in [-0.4, -0.2) is 17.2 Å². The fraction of sp³-hybridized carbons (Fsp3) is 0.500. The SMILES string of the molecule is CC(C)Oc1ccc(C(CCCC(=O)O)N=[N+]=[N-])cc1. The molecule has 1 aromatic carbocycles. The van der Waals surface area contributed by atoms with Gasteiger partial charge in [-0.1, -0.05) is 17.2 Å². The molecule has 0 saturated carbocycles. The third-order valence-electron chi connectivity index (χ3n) is 2.70. The Morgan fingerprint density at radius 3 is 2.55 bits per heavy atom. The number of azide groups is 1. The van der Waals surface area contributed by atoms with Gasteiger partial charge in [0, 0.05) is 11.3 Å². The molecule has 0 heterocycles. The normalized spacial score (nSPS) is 11.8. The number of carboxylic acid groups (broad SMARTS) is 1. The number of ether oxygens (including phenoxy) is 1. The Morgan fingerprint density at radius 2 is 2.05 bits per heavy atom. The van der Waals surface area contributed by atoms with Crippen LogP contribution in [0.1, 0.15) is 44.7 Å². The number of benzene rings is 1. The number of aliphatic carboxylic acids is 1. The Labute approximate surface area is 118 Å². The predicted molar refractivity (Wildman–Crippen MR) is 75.6 cm³/mol. The summed E-state index contributed by atoms with van der Waals surface area (Å²) in [4.78, 5) is 13.3. The first-order chi connectivity index (χ1) is 9.52. The van der Waals surface area contributed by atoms with Crippen LogP contribution in [0.4, 0.5) is 0 Å². The molecule has 0 spiro atoms. The van der Waals surface area contributed by atoms with Gasteiger partial charge in [-0.3, -0.25) is 4.79 Å². The van der Waals surface area contributed by atoms with Crippen LogP contribution < -0.4 is 4.74 Å². The van der Waals surface area contributed by atoms with Crippen molar-refractivity contribution in [3.05, 3.63) is 40.3 Å². The van der Waals surface area contributed by atoms with Gasteiger partial charge in [-0.05, 0) is 49.9 Å². The summed E-state index contributed by atoms with van der Waals surface area (Å²) in [6, 6.07) is 7.00. The second-order valence-corrected chi connectivity index (χ2v) is 4.74. The minimum atomic E-state index is -0.842. The molecule has 1 rings (SSSR count). The van der Waals surface area contributed by atoms with Crippen molar-refractivity contribution in [2.24, 2.45) is 5.11 Å². The van der Waals surface area contributed by atoms with Gasteiger partial charge in [0.25, 0.3) is 0 Å². The highest BCUT2D eigenvalue weighted by molar-refractivity contribution is 5.66. The number of carbonyl (C=O) groups is 1. The lowest BCUT2D eigenvalue weighted by Gasteiger charge is -2.13. The molecule has 0 bridgehead atoms. The number of hydrogen-bond donors (Lipinski definition) is 1. The van der Waals surface area contributed by atoms with Crippen LogP contribution in [0.2, 0.25) is 0 Å². The number of carboxylic acids is 1. The van der Waals surface area contributed by atoms with Gasteiger partial charge in [0.05, 0.1) is 12.1 Å². The quantitative estimate of drug-likeness (QED) is 0.440. The second kappa shape index (κ2) is 8.07. The van der Waals surface area contributed by atoms with E-state index in [-0.39, 0.29) is 18.6 Å². The Morgan fingerprint density at radius 1 is 1.40 bits per heavy atom. The van der Waals surface area contributed by atoms with E-state index in [9.17, 15) is 4.79 Å². The zero-order valence-corrected chi connectivity index (χ0v) is 11.7. The van der Waals surface area contributed by atoms with Crippen LogP contribution in [-0.2, 0) is 4.79 Å². The average molecular weight is 277 g/mol.